The van der Waals surface area contributed by atoms with Crippen molar-refractivity contribution in [3.8, 4) is 0 Å². The molecule has 2 aliphatic heterocycles. The molecule has 0 amide bonds. The maximum absolute atomic E-state index is 6.15. The number of rotatable bonds is 7. The number of hydrogen-bond donors (Lipinski definition) is 0. The van der Waals surface area contributed by atoms with Crippen LogP contribution in [0.3, 0.4) is 0 Å². The second-order valence-corrected chi connectivity index (χ2v) is 6.13. The molecule has 0 aromatic heterocycles. The Bertz CT molecular complexity index is 241. The monoisotopic (exact) mass is 269 g/mol. The van der Waals surface area contributed by atoms with E-state index in [1.165, 1.54) is 58.0 Å². The first-order valence-corrected chi connectivity index (χ1v) is 8.33. The smallest absolute Gasteiger partial charge is 0.161 e. The average Bonchev–Trinajstić information content (AvgIpc) is 2.89. The molecule has 2 aliphatic rings. The lowest BCUT2D eigenvalue weighted by Crippen LogP contribution is -2.37. The molecule has 0 spiro atoms. The van der Waals surface area contributed by atoms with Crippen molar-refractivity contribution in [1.82, 2.24) is 4.90 Å². The summed E-state index contributed by atoms with van der Waals surface area (Å²) < 4.78 is 12.1. The molecule has 19 heavy (non-hydrogen) atoms. The van der Waals surface area contributed by atoms with Crippen molar-refractivity contribution in [1.29, 1.82) is 0 Å². The van der Waals surface area contributed by atoms with E-state index in [1.54, 1.807) is 0 Å². The number of likely N-dealkylation sites (tertiary alicyclic amines) is 1. The largest absolute Gasteiger partial charge is 0.350 e. The van der Waals surface area contributed by atoms with Crippen LogP contribution in [0.25, 0.3) is 0 Å². The van der Waals surface area contributed by atoms with Crippen molar-refractivity contribution in [2.45, 2.75) is 71.2 Å². The fourth-order valence-corrected chi connectivity index (χ4v) is 3.24. The van der Waals surface area contributed by atoms with Crippen LogP contribution < -0.4 is 0 Å². The summed E-state index contributed by atoms with van der Waals surface area (Å²) in [5.74, 6) is 0.589. The summed E-state index contributed by atoms with van der Waals surface area (Å²) in [6.07, 6.45) is 9.44. The van der Waals surface area contributed by atoms with Crippen molar-refractivity contribution < 1.29 is 9.47 Å². The minimum Gasteiger partial charge on any atom is -0.350 e. The molecule has 3 heteroatoms. The molecule has 2 fully saturated rings. The van der Waals surface area contributed by atoms with Gasteiger partial charge in [0.15, 0.2) is 6.29 Å². The predicted molar refractivity (Wildman–Crippen MR) is 78.2 cm³/mol. The van der Waals surface area contributed by atoms with Crippen molar-refractivity contribution in [3.63, 3.8) is 0 Å². The number of nitrogens with zero attached hydrogens (tertiary/aromatic N) is 1. The van der Waals surface area contributed by atoms with E-state index in [4.69, 9.17) is 9.47 Å². The predicted octanol–water partition coefficient (Wildman–Crippen LogP) is 3.43. The van der Waals surface area contributed by atoms with E-state index in [0.29, 0.717) is 12.0 Å². The molecule has 112 valence electrons. The zero-order valence-electron chi connectivity index (χ0n) is 12.8. The third-order valence-corrected chi connectivity index (χ3v) is 4.52. The van der Waals surface area contributed by atoms with E-state index < -0.39 is 0 Å². The van der Waals surface area contributed by atoms with Crippen LogP contribution in [0.4, 0.5) is 0 Å². The summed E-state index contributed by atoms with van der Waals surface area (Å²) in [7, 11) is 0. The minimum absolute atomic E-state index is 0.0614. The summed E-state index contributed by atoms with van der Waals surface area (Å²) in [6, 6.07) is 0. The van der Waals surface area contributed by atoms with Crippen LogP contribution in [0.15, 0.2) is 0 Å². The summed E-state index contributed by atoms with van der Waals surface area (Å²) in [5, 5.41) is 0. The molecule has 3 atom stereocenters. The lowest BCUT2D eigenvalue weighted by atomic mass is 9.99. The fourth-order valence-electron chi connectivity index (χ4n) is 3.24. The lowest BCUT2D eigenvalue weighted by Gasteiger charge is -2.28. The van der Waals surface area contributed by atoms with Crippen LogP contribution in [-0.4, -0.2) is 43.5 Å². The maximum Gasteiger partial charge on any atom is 0.161 e. The van der Waals surface area contributed by atoms with Gasteiger partial charge in [0.2, 0.25) is 0 Å². The molecular formula is C16H31NO2. The van der Waals surface area contributed by atoms with Crippen molar-refractivity contribution in [2.24, 2.45) is 5.92 Å². The van der Waals surface area contributed by atoms with Gasteiger partial charge >= 0.3 is 0 Å². The van der Waals surface area contributed by atoms with Gasteiger partial charge in [0.25, 0.3) is 0 Å². The minimum atomic E-state index is 0.0614. The van der Waals surface area contributed by atoms with Crippen LogP contribution in [0.2, 0.25) is 0 Å². The van der Waals surface area contributed by atoms with Gasteiger partial charge in [0.05, 0.1) is 12.7 Å². The van der Waals surface area contributed by atoms with Gasteiger partial charge in [-0.3, -0.25) is 0 Å². The maximum atomic E-state index is 6.15. The fraction of sp³-hybridized carbons (Fsp3) is 1.00. The first-order chi connectivity index (χ1) is 9.33. The van der Waals surface area contributed by atoms with Crippen LogP contribution in [0.1, 0.15) is 58.8 Å². The van der Waals surface area contributed by atoms with E-state index in [9.17, 15) is 0 Å². The molecule has 0 radical (unpaired) electrons. The zero-order valence-corrected chi connectivity index (χ0v) is 12.8. The highest BCUT2D eigenvalue weighted by Crippen LogP contribution is 2.26. The number of hydrogen-bond acceptors (Lipinski definition) is 3. The topological polar surface area (TPSA) is 21.7 Å². The summed E-state index contributed by atoms with van der Waals surface area (Å²) in [6.45, 7) is 8.87. The van der Waals surface area contributed by atoms with Crippen LogP contribution in [-0.2, 0) is 9.47 Å². The van der Waals surface area contributed by atoms with Gasteiger partial charge in [-0.05, 0) is 38.8 Å². The van der Waals surface area contributed by atoms with E-state index in [1.807, 2.05) is 0 Å². The Morgan fingerprint density at radius 1 is 1.16 bits per heavy atom. The molecule has 2 saturated heterocycles. The van der Waals surface area contributed by atoms with Gasteiger partial charge in [0, 0.05) is 12.5 Å². The number of unbranched alkanes of at least 4 members (excludes halogenated alkanes) is 1. The third-order valence-electron chi connectivity index (χ3n) is 4.52. The van der Waals surface area contributed by atoms with Crippen molar-refractivity contribution in [2.75, 3.05) is 26.2 Å². The third kappa shape index (κ3) is 4.73. The summed E-state index contributed by atoms with van der Waals surface area (Å²) >= 11 is 0. The molecule has 0 aromatic rings. The Labute approximate surface area is 118 Å². The number of piperidine rings is 1. The first kappa shape index (κ1) is 15.3. The van der Waals surface area contributed by atoms with Gasteiger partial charge in [-0.1, -0.05) is 33.1 Å². The van der Waals surface area contributed by atoms with Gasteiger partial charge in [-0.25, -0.2) is 0 Å². The van der Waals surface area contributed by atoms with E-state index >= 15 is 0 Å². The molecule has 2 rings (SSSR count). The van der Waals surface area contributed by atoms with Crippen LogP contribution in [0.5, 0.6) is 0 Å². The zero-order chi connectivity index (χ0) is 13.5. The Kier molecular flexibility index (Phi) is 6.62. The van der Waals surface area contributed by atoms with E-state index in [2.05, 4.69) is 18.7 Å². The first-order valence-electron chi connectivity index (χ1n) is 8.33. The number of ether oxygens (including phenoxy) is 2. The van der Waals surface area contributed by atoms with Gasteiger partial charge in [0.1, 0.15) is 0 Å². The SMILES string of the molecule is CCCC[C@@H](CC)[C@H]1OC[C@H](CN2CCCCC2)O1. The highest BCUT2D eigenvalue weighted by Gasteiger charge is 2.32. The Balaban J connectivity index is 1.71. The van der Waals surface area contributed by atoms with Gasteiger partial charge in [-0.15, -0.1) is 0 Å². The van der Waals surface area contributed by atoms with Gasteiger partial charge in [-0.2, -0.15) is 0 Å². The van der Waals surface area contributed by atoms with Crippen LogP contribution in [0, 0.1) is 5.92 Å². The highest BCUT2D eigenvalue weighted by atomic mass is 16.7. The second kappa shape index (κ2) is 8.23. The highest BCUT2D eigenvalue weighted by molar-refractivity contribution is 4.76. The van der Waals surface area contributed by atoms with Crippen molar-refractivity contribution in [3.05, 3.63) is 0 Å². The van der Waals surface area contributed by atoms with Crippen molar-refractivity contribution >= 4 is 0 Å². The molecule has 2 heterocycles. The Morgan fingerprint density at radius 2 is 1.95 bits per heavy atom. The molecular weight excluding hydrogens is 238 g/mol. The molecule has 0 saturated carbocycles. The lowest BCUT2D eigenvalue weighted by molar-refractivity contribution is -0.103. The molecule has 0 unspecified atom stereocenters. The van der Waals surface area contributed by atoms with Crippen LogP contribution >= 0.6 is 0 Å². The Morgan fingerprint density at radius 3 is 2.63 bits per heavy atom. The summed E-state index contributed by atoms with van der Waals surface area (Å²) in [5.41, 5.74) is 0. The Hall–Kier alpha value is -0.120. The average molecular weight is 269 g/mol. The molecule has 0 aromatic carbocycles. The van der Waals surface area contributed by atoms with E-state index in [0.717, 1.165) is 13.2 Å². The summed E-state index contributed by atoms with van der Waals surface area (Å²) in [4.78, 5) is 2.55. The quantitative estimate of drug-likeness (QED) is 0.707. The molecule has 0 aliphatic carbocycles. The van der Waals surface area contributed by atoms with Gasteiger partial charge < -0.3 is 14.4 Å². The second-order valence-electron chi connectivity index (χ2n) is 6.13. The molecule has 0 N–H and O–H groups in total. The molecule has 3 nitrogen and oxygen atoms in total. The molecule has 0 bridgehead atoms. The van der Waals surface area contributed by atoms with E-state index in [-0.39, 0.29) is 6.29 Å². The standard InChI is InChI=1S/C16H31NO2/c1-3-5-9-14(4-2)16-18-13-15(19-16)12-17-10-7-6-8-11-17/h14-16H,3-13H2,1-2H3/t14-,15+,16+/m1/s1. The normalized spacial score (nSPS) is 30.6.